The number of likely N-dealkylation sites (tertiary alicyclic amines) is 1. The Kier molecular flexibility index (Phi) is 6.01. The van der Waals surface area contributed by atoms with Gasteiger partial charge in [-0.3, -0.25) is 9.59 Å². The number of nitrogens with zero attached hydrogens (tertiary/aromatic N) is 1. The minimum absolute atomic E-state index is 0.0555. The van der Waals surface area contributed by atoms with E-state index in [2.05, 4.69) is 29.6 Å². The molecule has 0 radical (unpaired) electrons. The van der Waals surface area contributed by atoms with Crippen molar-refractivity contribution in [2.24, 2.45) is 17.3 Å². The molecule has 3 aliphatic rings. The molecule has 0 aromatic heterocycles. The van der Waals surface area contributed by atoms with Crippen molar-refractivity contribution in [3.05, 3.63) is 59.7 Å². The summed E-state index contributed by atoms with van der Waals surface area (Å²) in [5, 5.41) is 12.3. The smallest absolute Gasteiger partial charge is 0.407 e. The van der Waals surface area contributed by atoms with Crippen LogP contribution < -0.4 is 5.32 Å². The number of fused-ring (bicyclic) bond motifs is 3. The second-order valence-corrected chi connectivity index (χ2v) is 10.1. The van der Waals surface area contributed by atoms with Crippen LogP contribution in [0.4, 0.5) is 4.79 Å². The number of hydrogen-bond acceptors (Lipinski definition) is 5. The van der Waals surface area contributed by atoms with Gasteiger partial charge in [-0.25, -0.2) is 4.79 Å². The number of ether oxygens (including phenoxy) is 2. The Morgan fingerprint density at radius 3 is 2.31 bits per heavy atom. The normalized spacial score (nSPS) is 27.4. The summed E-state index contributed by atoms with van der Waals surface area (Å²) in [6, 6.07) is 15.7. The van der Waals surface area contributed by atoms with E-state index in [0.717, 1.165) is 22.3 Å². The fraction of sp³-hybridized carbons (Fsp3) is 0.444. The van der Waals surface area contributed by atoms with Crippen LogP contribution in [0.5, 0.6) is 0 Å². The topological polar surface area (TPSA) is 105 Å². The van der Waals surface area contributed by atoms with E-state index in [9.17, 15) is 19.5 Å². The quantitative estimate of drug-likeness (QED) is 0.684. The molecule has 2 amide bonds. The van der Waals surface area contributed by atoms with Crippen molar-refractivity contribution in [2.75, 3.05) is 32.9 Å². The van der Waals surface area contributed by atoms with E-state index in [1.54, 1.807) is 11.8 Å². The fourth-order valence-corrected chi connectivity index (χ4v) is 5.68. The molecule has 0 saturated carbocycles. The van der Waals surface area contributed by atoms with E-state index >= 15 is 0 Å². The van der Waals surface area contributed by atoms with Gasteiger partial charge in [0.1, 0.15) is 6.61 Å². The minimum Gasteiger partial charge on any atom is -0.481 e. The van der Waals surface area contributed by atoms with E-state index in [-0.39, 0.29) is 44.1 Å². The summed E-state index contributed by atoms with van der Waals surface area (Å²) < 4.78 is 11.2. The van der Waals surface area contributed by atoms with Crippen LogP contribution in [0, 0.1) is 17.3 Å². The number of carbonyl (C=O) groups excluding carboxylic acids is 2. The Labute approximate surface area is 204 Å². The highest BCUT2D eigenvalue weighted by Gasteiger charge is 2.51. The molecule has 184 valence electrons. The van der Waals surface area contributed by atoms with Crippen molar-refractivity contribution in [1.82, 2.24) is 10.2 Å². The third-order valence-corrected chi connectivity index (χ3v) is 7.80. The van der Waals surface area contributed by atoms with Crippen LogP contribution in [-0.4, -0.2) is 66.9 Å². The number of alkyl carbamates (subject to hydrolysis) is 1. The Morgan fingerprint density at radius 1 is 1.09 bits per heavy atom. The molecule has 4 atom stereocenters. The zero-order chi connectivity index (χ0) is 24.7. The van der Waals surface area contributed by atoms with Crippen molar-refractivity contribution in [2.45, 2.75) is 25.8 Å². The Balaban J connectivity index is 1.24. The lowest BCUT2D eigenvalue weighted by atomic mass is 9.83. The summed E-state index contributed by atoms with van der Waals surface area (Å²) in [7, 11) is 0. The van der Waals surface area contributed by atoms with Gasteiger partial charge >= 0.3 is 12.1 Å². The number of hydrogen-bond donors (Lipinski definition) is 2. The van der Waals surface area contributed by atoms with Gasteiger partial charge in [0.15, 0.2) is 0 Å². The maximum atomic E-state index is 13.4. The van der Waals surface area contributed by atoms with E-state index in [0.29, 0.717) is 6.54 Å². The number of carboxylic acids is 1. The highest BCUT2D eigenvalue weighted by Crippen LogP contribution is 2.44. The summed E-state index contributed by atoms with van der Waals surface area (Å²) in [4.78, 5) is 39.3. The number of amides is 2. The van der Waals surface area contributed by atoms with Gasteiger partial charge in [0.05, 0.1) is 30.6 Å². The molecule has 2 fully saturated rings. The maximum Gasteiger partial charge on any atom is 0.407 e. The summed E-state index contributed by atoms with van der Waals surface area (Å²) in [5.41, 5.74) is 3.57. The molecular formula is C27H30N2O6. The predicted octanol–water partition coefficient (Wildman–Crippen LogP) is 3.11. The lowest BCUT2D eigenvalue weighted by molar-refractivity contribution is -0.143. The monoisotopic (exact) mass is 478 g/mol. The molecule has 8 nitrogen and oxygen atoms in total. The van der Waals surface area contributed by atoms with Gasteiger partial charge in [0.2, 0.25) is 5.91 Å². The highest BCUT2D eigenvalue weighted by atomic mass is 16.5. The number of nitrogens with one attached hydrogen (secondary N) is 1. The molecule has 35 heavy (non-hydrogen) atoms. The molecule has 2 aliphatic heterocycles. The zero-order valence-corrected chi connectivity index (χ0v) is 19.9. The first kappa shape index (κ1) is 23.4. The van der Waals surface area contributed by atoms with Gasteiger partial charge < -0.3 is 24.8 Å². The number of carbonyl (C=O) groups is 3. The van der Waals surface area contributed by atoms with E-state index in [4.69, 9.17) is 9.47 Å². The Hall–Kier alpha value is -3.39. The second kappa shape index (κ2) is 9.00. The summed E-state index contributed by atoms with van der Waals surface area (Å²) in [5.74, 6) is -1.86. The number of carboxylic acid groups (broad SMARTS) is 1. The standard InChI is InChI=1S/C27H30N2O6/c1-16-11-29(12-21(16)24(30)31)25(32)27(2)15-34-14-23(27)28-26(33)35-13-22-19-9-5-3-7-17(19)18-8-4-6-10-20(18)22/h3-10,16,21-23H,11-15H2,1-2H3,(H,28,33)(H,30,31)/t16-,21-,23?,27?/m1/s1. The Bertz CT molecular complexity index is 1120. The lowest BCUT2D eigenvalue weighted by Gasteiger charge is -2.32. The van der Waals surface area contributed by atoms with Crippen molar-refractivity contribution >= 4 is 18.0 Å². The third kappa shape index (κ3) is 4.05. The summed E-state index contributed by atoms with van der Waals surface area (Å²) in [6.07, 6.45) is -0.598. The molecule has 2 aromatic rings. The van der Waals surface area contributed by atoms with Crippen molar-refractivity contribution in [3.8, 4) is 11.1 Å². The van der Waals surface area contributed by atoms with Crippen LogP contribution in [0.1, 0.15) is 30.9 Å². The molecule has 5 rings (SSSR count). The van der Waals surface area contributed by atoms with Crippen LogP contribution in [0.2, 0.25) is 0 Å². The first-order valence-electron chi connectivity index (χ1n) is 12.0. The van der Waals surface area contributed by atoms with E-state index in [1.165, 1.54) is 0 Å². The summed E-state index contributed by atoms with van der Waals surface area (Å²) in [6.45, 7) is 4.68. The molecule has 2 heterocycles. The molecule has 1 aliphatic carbocycles. The highest BCUT2D eigenvalue weighted by molar-refractivity contribution is 5.86. The van der Waals surface area contributed by atoms with Crippen molar-refractivity contribution < 1.29 is 29.0 Å². The van der Waals surface area contributed by atoms with Gasteiger partial charge in [0, 0.05) is 19.0 Å². The van der Waals surface area contributed by atoms with Gasteiger partial charge in [-0.1, -0.05) is 55.5 Å². The van der Waals surface area contributed by atoms with Crippen LogP contribution >= 0.6 is 0 Å². The average molecular weight is 479 g/mol. The van der Waals surface area contributed by atoms with Crippen molar-refractivity contribution in [1.29, 1.82) is 0 Å². The third-order valence-electron chi connectivity index (χ3n) is 7.80. The number of rotatable bonds is 5. The number of aliphatic carboxylic acids is 1. The Morgan fingerprint density at radius 2 is 1.71 bits per heavy atom. The first-order chi connectivity index (χ1) is 16.8. The van der Waals surface area contributed by atoms with Crippen LogP contribution in [0.3, 0.4) is 0 Å². The van der Waals surface area contributed by atoms with Gasteiger partial charge in [-0.05, 0) is 35.1 Å². The SMILES string of the molecule is C[C@@H]1CN(C(=O)C2(C)COCC2NC(=O)OCC2c3ccccc3-c3ccccc32)C[C@H]1C(=O)O. The molecule has 0 spiro atoms. The molecule has 2 aromatic carbocycles. The van der Waals surface area contributed by atoms with Crippen LogP contribution in [-0.2, 0) is 19.1 Å². The average Bonchev–Trinajstić information content (AvgIpc) is 3.51. The second-order valence-electron chi connectivity index (χ2n) is 10.1. The van der Waals surface area contributed by atoms with Gasteiger partial charge in [0.25, 0.3) is 0 Å². The largest absolute Gasteiger partial charge is 0.481 e. The van der Waals surface area contributed by atoms with Gasteiger partial charge in [-0.15, -0.1) is 0 Å². The summed E-state index contributed by atoms with van der Waals surface area (Å²) >= 11 is 0. The lowest BCUT2D eigenvalue weighted by Crippen LogP contribution is -2.54. The molecule has 2 saturated heterocycles. The molecular weight excluding hydrogens is 448 g/mol. The molecule has 8 heteroatoms. The fourth-order valence-electron chi connectivity index (χ4n) is 5.68. The molecule has 2 N–H and O–H groups in total. The predicted molar refractivity (Wildman–Crippen MR) is 128 cm³/mol. The van der Waals surface area contributed by atoms with Crippen LogP contribution in [0.25, 0.3) is 11.1 Å². The number of benzene rings is 2. The first-order valence-corrected chi connectivity index (χ1v) is 12.0. The molecule has 2 unspecified atom stereocenters. The van der Waals surface area contributed by atoms with Crippen LogP contribution in [0.15, 0.2) is 48.5 Å². The van der Waals surface area contributed by atoms with E-state index in [1.807, 2.05) is 31.2 Å². The minimum atomic E-state index is -0.987. The maximum absolute atomic E-state index is 13.4. The van der Waals surface area contributed by atoms with E-state index < -0.39 is 29.4 Å². The zero-order valence-electron chi connectivity index (χ0n) is 19.9. The molecule has 0 bridgehead atoms. The van der Waals surface area contributed by atoms with Gasteiger partial charge in [-0.2, -0.15) is 0 Å². The van der Waals surface area contributed by atoms with Crippen molar-refractivity contribution in [3.63, 3.8) is 0 Å².